The fourth-order valence-electron chi connectivity index (χ4n) is 2.24. The molecule has 1 heterocycles. The Labute approximate surface area is 106 Å². The summed E-state index contributed by atoms with van der Waals surface area (Å²) in [5.74, 6) is 0.966. The standard InChI is InChI=1S/C12H17ClN2O2/c1-9-2-5-12(8-13,6-3-9)14-11(16)10-4-7-17-15-10/h4,7,9H,2-3,5-6,8H2,1H3,(H,14,16). The summed E-state index contributed by atoms with van der Waals surface area (Å²) in [6.45, 7) is 2.23. The molecule has 1 saturated carbocycles. The normalized spacial score (nSPS) is 28.9. The fraction of sp³-hybridized carbons (Fsp3) is 0.667. The molecular weight excluding hydrogens is 240 g/mol. The van der Waals surface area contributed by atoms with E-state index in [9.17, 15) is 4.79 Å². The number of hydrogen-bond donors (Lipinski definition) is 1. The smallest absolute Gasteiger partial charge is 0.273 e. The fourth-order valence-corrected chi connectivity index (χ4v) is 2.58. The van der Waals surface area contributed by atoms with Crippen molar-refractivity contribution in [3.05, 3.63) is 18.0 Å². The highest BCUT2D eigenvalue weighted by atomic mass is 35.5. The Bertz CT molecular complexity index is 370. The molecule has 0 bridgehead atoms. The predicted octanol–water partition coefficient (Wildman–Crippen LogP) is 2.59. The van der Waals surface area contributed by atoms with Gasteiger partial charge in [0.1, 0.15) is 6.26 Å². The summed E-state index contributed by atoms with van der Waals surface area (Å²) in [7, 11) is 0. The molecule has 0 spiro atoms. The van der Waals surface area contributed by atoms with Gasteiger partial charge in [0.25, 0.3) is 5.91 Å². The quantitative estimate of drug-likeness (QED) is 0.846. The number of nitrogens with one attached hydrogen (secondary N) is 1. The first-order valence-corrected chi connectivity index (χ1v) is 6.47. The Hall–Kier alpha value is -1.03. The molecule has 2 rings (SSSR count). The molecule has 94 valence electrons. The third-order valence-electron chi connectivity index (χ3n) is 3.54. The number of aromatic nitrogens is 1. The lowest BCUT2D eigenvalue weighted by molar-refractivity contribution is 0.0863. The maximum absolute atomic E-state index is 11.9. The van der Waals surface area contributed by atoms with Crippen LogP contribution in [0.15, 0.2) is 16.9 Å². The molecule has 1 aliphatic rings. The minimum absolute atomic E-state index is 0.200. The van der Waals surface area contributed by atoms with E-state index in [4.69, 9.17) is 11.6 Å². The van der Waals surface area contributed by atoms with Crippen LogP contribution in [0.5, 0.6) is 0 Å². The molecule has 1 fully saturated rings. The third-order valence-corrected chi connectivity index (χ3v) is 4.05. The van der Waals surface area contributed by atoms with E-state index in [0.717, 1.165) is 31.6 Å². The van der Waals surface area contributed by atoms with Gasteiger partial charge in [-0.25, -0.2) is 0 Å². The summed E-state index contributed by atoms with van der Waals surface area (Å²) in [4.78, 5) is 11.9. The number of carbonyl (C=O) groups excluding carboxylic acids is 1. The van der Waals surface area contributed by atoms with Crippen LogP contribution in [0.3, 0.4) is 0 Å². The second kappa shape index (κ2) is 5.08. The summed E-state index contributed by atoms with van der Waals surface area (Å²) in [5, 5.41) is 6.64. The van der Waals surface area contributed by atoms with E-state index in [1.54, 1.807) is 6.07 Å². The molecule has 1 amide bonds. The molecule has 1 aromatic heterocycles. The van der Waals surface area contributed by atoms with Gasteiger partial charge in [0.2, 0.25) is 0 Å². The summed E-state index contributed by atoms with van der Waals surface area (Å²) in [5.41, 5.74) is 0.0394. The third kappa shape index (κ3) is 2.80. The van der Waals surface area contributed by atoms with E-state index >= 15 is 0 Å². The van der Waals surface area contributed by atoms with Crippen LogP contribution in [0, 0.1) is 5.92 Å². The number of rotatable bonds is 3. The van der Waals surface area contributed by atoms with E-state index in [0.29, 0.717) is 11.6 Å². The molecule has 0 aliphatic heterocycles. The number of alkyl halides is 1. The van der Waals surface area contributed by atoms with Crippen molar-refractivity contribution in [2.24, 2.45) is 5.92 Å². The number of halogens is 1. The van der Waals surface area contributed by atoms with Crippen molar-refractivity contribution in [1.29, 1.82) is 0 Å². The molecule has 1 aromatic rings. The largest absolute Gasteiger partial charge is 0.364 e. The van der Waals surface area contributed by atoms with Gasteiger partial charge in [0.15, 0.2) is 5.69 Å². The Kier molecular flexibility index (Phi) is 3.72. The van der Waals surface area contributed by atoms with Crippen LogP contribution in [-0.2, 0) is 0 Å². The topological polar surface area (TPSA) is 55.1 Å². The lowest BCUT2D eigenvalue weighted by atomic mass is 9.78. The molecule has 0 saturated heterocycles. The van der Waals surface area contributed by atoms with Gasteiger partial charge in [0.05, 0.1) is 5.54 Å². The molecule has 0 unspecified atom stereocenters. The highest BCUT2D eigenvalue weighted by Crippen LogP contribution is 2.32. The van der Waals surface area contributed by atoms with Gasteiger partial charge in [-0.05, 0) is 31.6 Å². The Morgan fingerprint density at radius 1 is 1.65 bits per heavy atom. The van der Waals surface area contributed by atoms with E-state index in [2.05, 4.69) is 21.9 Å². The summed E-state index contributed by atoms with van der Waals surface area (Å²) < 4.78 is 4.66. The van der Waals surface area contributed by atoms with Gasteiger partial charge < -0.3 is 9.84 Å². The summed E-state index contributed by atoms with van der Waals surface area (Å²) in [6.07, 6.45) is 5.46. The van der Waals surface area contributed by atoms with Gasteiger partial charge in [0, 0.05) is 11.9 Å². The van der Waals surface area contributed by atoms with E-state index in [1.165, 1.54) is 6.26 Å². The van der Waals surface area contributed by atoms with Crippen LogP contribution in [0.4, 0.5) is 0 Å². The molecule has 1 aliphatic carbocycles. The zero-order valence-electron chi connectivity index (χ0n) is 9.91. The molecule has 0 atom stereocenters. The van der Waals surface area contributed by atoms with Crippen LogP contribution >= 0.6 is 11.6 Å². The van der Waals surface area contributed by atoms with Gasteiger partial charge in [-0.15, -0.1) is 11.6 Å². The summed E-state index contributed by atoms with van der Waals surface area (Å²) in [6, 6.07) is 1.56. The first kappa shape index (κ1) is 12.4. The van der Waals surface area contributed by atoms with Gasteiger partial charge in [-0.2, -0.15) is 0 Å². The number of nitrogens with zero attached hydrogens (tertiary/aromatic N) is 1. The van der Waals surface area contributed by atoms with E-state index < -0.39 is 0 Å². The average molecular weight is 257 g/mol. The molecule has 1 N–H and O–H groups in total. The van der Waals surface area contributed by atoms with Gasteiger partial charge in [-0.3, -0.25) is 4.79 Å². The molecular formula is C12H17ClN2O2. The zero-order valence-corrected chi connectivity index (χ0v) is 10.7. The highest BCUT2D eigenvalue weighted by Gasteiger charge is 2.35. The van der Waals surface area contributed by atoms with Gasteiger partial charge in [-0.1, -0.05) is 12.1 Å². The first-order valence-electron chi connectivity index (χ1n) is 5.94. The second-order valence-corrected chi connectivity index (χ2v) is 5.20. The average Bonchev–Trinajstić information content (AvgIpc) is 2.86. The number of amides is 1. The maximum Gasteiger partial charge on any atom is 0.273 e. The minimum atomic E-state index is -0.274. The lowest BCUT2D eigenvalue weighted by Gasteiger charge is -2.38. The Morgan fingerprint density at radius 2 is 2.35 bits per heavy atom. The van der Waals surface area contributed by atoms with E-state index in [-0.39, 0.29) is 11.4 Å². The van der Waals surface area contributed by atoms with Crippen LogP contribution in [0.2, 0.25) is 0 Å². The highest BCUT2D eigenvalue weighted by molar-refractivity contribution is 6.18. The molecule has 0 radical (unpaired) electrons. The Morgan fingerprint density at radius 3 is 2.88 bits per heavy atom. The Balaban J connectivity index is 2.02. The monoisotopic (exact) mass is 256 g/mol. The van der Waals surface area contributed by atoms with Crippen molar-refractivity contribution in [2.75, 3.05) is 5.88 Å². The predicted molar refractivity (Wildman–Crippen MR) is 65.1 cm³/mol. The van der Waals surface area contributed by atoms with Crippen molar-refractivity contribution in [2.45, 2.75) is 38.1 Å². The minimum Gasteiger partial charge on any atom is -0.364 e. The zero-order chi connectivity index (χ0) is 12.3. The molecule has 17 heavy (non-hydrogen) atoms. The van der Waals surface area contributed by atoms with Gasteiger partial charge >= 0.3 is 0 Å². The van der Waals surface area contributed by atoms with Crippen LogP contribution < -0.4 is 5.32 Å². The van der Waals surface area contributed by atoms with Crippen molar-refractivity contribution in [3.63, 3.8) is 0 Å². The maximum atomic E-state index is 11.9. The number of carbonyl (C=O) groups is 1. The first-order chi connectivity index (χ1) is 8.15. The van der Waals surface area contributed by atoms with Crippen LogP contribution in [0.1, 0.15) is 43.1 Å². The SMILES string of the molecule is CC1CCC(CCl)(NC(=O)c2ccon2)CC1. The van der Waals surface area contributed by atoms with Crippen LogP contribution in [0.25, 0.3) is 0 Å². The van der Waals surface area contributed by atoms with Crippen LogP contribution in [-0.4, -0.2) is 22.5 Å². The molecule has 4 nitrogen and oxygen atoms in total. The lowest BCUT2D eigenvalue weighted by Crippen LogP contribution is -2.52. The molecule has 0 aromatic carbocycles. The number of hydrogen-bond acceptors (Lipinski definition) is 3. The summed E-state index contributed by atoms with van der Waals surface area (Å²) >= 11 is 6.03. The van der Waals surface area contributed by atoms with Crippen molar-refractivity contribution in [3.8, 4) is 0 Å². The van der Waals surface area contributed by atoms with E-state index in [1.807, 2.05) is 0 Å². The molecule has 5 heteroatoms. The second-order valence-electron chi connectivity index (χ2n) is 4.94. The van der Waals surface area contributed by atoms with Crippen molar-refractivity contribution >= 4 is 17.5 Å². The van der Waals surface area contributed by atoms with Crippen molar-refractivity contribution in [1.82, 2.24) is 10.5 Å². The van der Waals surface area contributed by atoms with Crippen molar-refractivity contribution < 1.29 is 9.32 Å².